The fraction of sp³-hybridized carbons (Fsp3) is 0.480. The van der Waals surface area contributed by atoms with Crippen LogP contribution in [0.4, 0.5) is 4.39 Å². The van der Waals surface area contributed by atoms with Gasteiger partial charge in [0.15, 0.2) is 0 Å². The van der Waals surface area contributed by atoms with Crippen molar-refractivity contribution in [2.24, 2.45) is 0 Å². The molecule has 1 aliphatic carbocycles. The Morgan fingerprint density at radius 3 is 2.66 bits per heavy atom. The van der Waals surface area contributed by atoms with Crippen LogP contribution in [0.15, 0.2) is 29.6 Å². The summed E-state index contributed by atoms with van der Waals surface area (Å²) in [4.78, 5) is 25.1. The second-order valence-electron chi connectivity index (χ2n) is 9.66. The summed E-state index contributed by atoms with van der Waals surface area (Å²) in [6.45, 7) is 1.91. The average molecular weight is 451 g/mol. The fourth-order valence-electron chi connectivity index (χ4n) is 5.79. The molecule has 2 aliphatic heterocycles. The lowest BCUT2D eigenvalue weighted by molar-refractivity contribution is 0.0681. The third-order valence-corrected chi connectivity index (χ3v) is 8.38. The number of amides is 1. The maximum Gasteiger partial charge on any atom is 0.253 e. The Bertz CT molecular complexity index is 1200. The van der Waals surface area contributed by atoms with Gasteiger partial charge in [-0.25, -0.2) is 14.4 Å². The third kappa shape index (κ3) is 3.42. The highest BCUT2D eigenvalue weighted by Gasteiger charge is 2.43. The van der Waals surface area contributed by atoms with E-state index in [1.807, 2.05) is 30.3 Å². The second kappa shape index (κ2) is 7.59. The smallest absolute Gasteiger partial charge is 0.253 e. The molecule has 0 radical (unpaired) electrons. The Hall–Kier alpha value is -2.38. The van der Waals surface area contributed by atoms with Gasteiger partial charge in [0.1, 0.15) is 16.5 Å². The molecule has 2 bridgehead atoms. The molecule has 3 aromatic rings. The number of aryl methyl sites for hydroxylation is 1. The van der Waals surface area contributed by atoms with Crippen molar-refractivity contribution >= 4 is 27.5 Å². The Labute approximate surface area is 191 Å². The molecule has 7 heteroatoms. The molecule has 2 aromatic heterocycles. The number of fused-ring (bicyclic) bond motifs is 3. The van der Waals surface area contributed by atoms with Crippen molar-refractivity contribution in [2.45, 2.75) is 69.0 Å². The van der Waals surface area contributed by atoms with E-state index < -0.39 is 0 Å². The predicted molar refractivity (Wildman–Crippen MR) is 124 cm³/mol. The van der Waals surface area contributed by atoms with Crippen LogP contribution in [0.25, 0.3) is 10.2 Å². The molecule has 1 aromatic carbocycles. The summed E-state index contributed by atoms with van der Waals surface area (Å²) in [6, 6.07) is 8.36. The summed E-state index contributed by atoms with van der Waals surface area (Å²) >= 11 is 1.61. The largest absolute Gasteiger partial charge is 0.339 e. The van der Waals surface area contributed by atoms with E-state index in [0.29, 0.717) is 23.2 Å². The van der Waals surface area contributed by atoms with Crippen molar-refractivity contribution < 1.29 is 9.18 Å². The van der Waals surface area contributed by atoms with Gasteiger partial charge < -0.3 is 10.2 Å². The van der Waals surface area contributed by atoms with Gasteiger partial charge in [0.2, 0.25) is 0 Å². The van der Waals surface area contributed by atoms with Crippen LogP contribution in [0.2, 0.25) is 0 Å². The lowest BCUT2D eigenvalue weighted by Gasteiger charge is -2.35. The van der Waals surface area contributed by atoms with Gasteiger partial charge in [0, 0.05) is 42.0 Å². The Morgan fingerprint density at radius 1 is 1.12 bits per heavy atom. The monoisotopic (exact) mass is 450 g/mol. The number of hydrogen-bond acceptors (Lipinski definition) is 5. The van der Waals surface area contributed by atoms with E-state index in [2.05, 4.69) is 21.4 Å². The highest BCUT2D eigenvalue weighted by Crippen LogP contribution is 2.56. The van der Waals surface area contributed by atoms with Crippen LogP contribution in [0.3, 0.4) is 0 Å². The molecular weight excluding hydrogens is 423 g/mol. The number of nitrogens with zero attached hydrogens (tertiary/aromatic N) is 3. The SMILES string of the molecule is Cc1nc([C@@H]2C[C@H]2c2ccc(C(=O)N(C)C3CC4CCC(C3)N4)cc2F)c2ccsc2n1. The average Bonchev–Trinajstić information content (AvgIpc) is 3.30. The van der Waals surface area contributed by atoms with Crippen LogP contribution in [-0.2, 0) is 0 Å². The normalized spacial score (nSPS) is 28.8. The van der Waals surface area contributed by atoms with Crippen molar-refractivity contribution in [1.82, 2.24) is 20.2 Å². The molecule has 3 aliphatic rings. The minimum atomic E-state index is -0.283. The molecule has 32 heavy (non-hydrogen) atoms. The van der Waals surface area contributed by atoms with E-state index in [1.54, 1.807) is 17.4 Å². The number of nitrogens with one attached hydrogen (secondary N) is 1. The zero-order valence-electron chi connectivity index (χ0n) is 18.3. The zero-order chi connectivity index (χ0) is 22.0. The first-order valence-corrected chi connectivity index (χ1v) is 12.4. The van der Waals surface area contributed by atoms with Crippen molar-refractivity contribution in [3.63, 3.8) is 0 Å². The third-order valence-electron chi connectivity index (χ3n) is 7.57. The summed E-state index contributed by atoms with van der Waals surface area (Å²) in [6.07, 6.45) is 5.23. The zero-order valence-corrected chi connectivity index (χ0v) is 19.2. The first-order chi connectivity index (χ1) is 15.5. The quantitative estimate of drug-likeness (QED) is 0.622. The summed E-state index contributed by atoms with van der Waals surface area (Å²) in [7, 11) is 1.87. The van der Waals surface area contributed by atoms with Crippen LogP contribution in [0.5, 0.6) is 0 Å². The molecule has 4 atom stereocenters. The van der Waals surface area contributed by atoms with Gasteiger partial charge in [-0.3, -0.25) is 4.79 Å². The van der Waals surface area contributed by atoms with Crippen LogP contribution in [-0.4, -0.2) is 45.9 Å². The van der Waals surface area contributed by atoms with Crippen molar-refractivity contribution in [2.75, 3.05) is 7.05 Å². The Morgan fingerprint density at radius 2 is 1.91 bits per heavy atom. The second-order valence-corrected chi connectivity index (χ2v) is 10.6. The maximum absolute atomic E-state index is 15.2. The van der Waals surface area contributed by atoms with Gasteiger partial charge in [-0.2, -0.15) is 0 Å². The molecule has 5 nitrogen and oxygen atoms in total. The number of hydrogen-bond donors (Lipinski definition) is 1. The van der Waals surface area contributed by atoms with E-state index in [0.717, 1.165) is 41.0 Å². The lowest BCUT2D eigenvalue weighted by Crippen LogP contribution is -2.48. The molecule has 1 N–H and O–H groups in total. The van der Waals surface area contributed by atoms with E-state index in [9.17, 15) is 4.79 Å². The number of halogens is 1. The van der Waals surface area contributed by atoms with Gasteiger partial charge in [-0.15, -0.1) is 11.3 Å². The van der Waals surface area contributed by atoms with Crippen molar-refractivity contribution in [1.29, 1.82) is 0 Å². The molecule has 1 amide bonds. The van der Waals surface area contributed by atoms with Gasteiger partial charge in [0.25, 0.3) is 5.91 Å². The molecule has 6 rings (SSSR count). The van der Waals surface area contributed by atoms with Crippen LogP contribution in [0, 0.1) is 12.7 Å². The molecule has 2 saturated heterocycles. The number of carbonyl (C=O) groups is 1. The Balaban J connectivity index is 1.20. The van der Waals surface area contributed by atoms with Gasteiger partial charge in [-0.05, 0) is 74.1 Å². The Kier molecular flexibility index (Phi) is 4.80. The van der Waals surface area contributed by atoms with Crippen molar-refractivity contribution in [3.8, 4) is 0 Å². The molecular formula is C25H27FN4OS. The molecule has 1 saturated carbocycles. The topological polar surface area (TPSA) is 58.1 Å². The minimum absolute atomic E-state index is 0.0829. The molecule has 3 fully saturated rings. The molecule has 4 heterocycles. The highest BCUT2D eigenvalue weighted by atomic mass is 32.1. The number of aromatic nitrogens is 2. The summed E-state index contributed by atoms with van der Waals surface area (Å²) in [5.41, 5.74) is 2.15. The van der Waals surface area contributed by atoms with Crippen LogP contribution < -0.4 is 5.32 Å². The number of piperidine rings is 1. The van der Waals surface area contributed by atoms with Gasteiger partial charge >= 0.3 is 0 Å². The van der Waals surface area contributed by atoms with Crippen molar-refractivity contribution in [3.05, 3.63) is 58.1 Å². The number of carbonyl (C=O) groups excluding carboxylic acids is 1. The fourth-order valence-corrected chi connectivity index (χ4v) is 6.60. The number of benzene rings is 1. The van der Waals surface area contributed by atoms with Gasteiger partial charge in [0.05, 0.1) is 5.69 Å². The summed E-state index contributed by atoms with van der Waals surface area (Å²) < 4.78 is 15.2. The first kappa shape index (κ1) is 20.2. The standard InChI is InChI=1S/C25H27FN4OS/c1-13-27-23(19-7-8-32-24(19)28-13)21-12-20(21)18-6-3-14(9-22(18)26)25(31)30(2)17-10-15-4-5-16(11-17)29-15/h3,6-9,15-17,20-21,29H,4-5,10-12H2,1-2H3/t15?,16?,17?,20-,21+/m0/s1. The maximum atomic E-state index is 15.2. The summed E-state index contributed by atoms with van der Waals surface area (Å²) in [5, 5.41) is 6.73. The molecule has 2 unspecified atom stereocenters. The summed E-state index contributed by atoms with van der Waals surface area (Å²) in [5.74, 6) is 0.707. The van der Waals surface area contributed by atoms with E-state index >= 15 is 4.39 Å². The molecule has 166 valence electrons. The predicted octanol–water partition coefficient (Wildman–Crippen LogP) is 4.76. The van der Waals surface area contributed by atoms with Gasteiger partial charge in [-0.1, -0.05) is 6.07 Å². The highest BCUT2D eigenvalue weighted by molar-refractivity contribution is 7.16. The number of rotatable bonds is 4. The molecule has 0 spiro atoms. The lowest BCUT2D eigenvalue weighted by atomic mass is 9.97. The van der Waals surface area contributed by atoms with E-state index in [4.69, 9.17) is 0 Å². The minimum Gasteiger partial charge on any atom is -0.339 e. The first-order valence-electron chi connectivity index (χ1n) is 11.5. The van der Waals surface area contributed by atoms with E-state index in [1.165, 1.54) is 18.9 Å². The van der Waals surface area contributed by atoms with E-state index in [-0.39, 0.29) is 29.6 Å². The van der Waals surface area contributed by atoms with Crippen LogP contribution >= 0.6 is 11.3 Å². The van der Waals surface area contributed by atoms with Crippen LogP contribution in [0.1, 0.15) is 71.4 Å². The number of thiophene rings is 1.